The number of hydrogen-bond acceptors (Lipinski definition) is 6. The molecule has 0 spiro atoms. The number of benzene rings is 1. The van der Waals surface area contributed by atoms with E-state index in [1.54, 1.807) is 17.2 Å². The van der Waals surface area contributed by atoms with Crippen molar-refractivity contribution >= 4 is 11.8 Å². The zero-order valence-corrected chi connectivity index (χ0v) is 20.0. The standard InChI is InChI=1S/C25H35N7O2/c1-17(31-15-21-20(14-26-2)22(21)16-31)13-18-3-5-19(6-4-18)32-10-7-23(29-25(32)34)28-24(33)30-11-8-27-9-12-30/h3-7,10,17,20-22,26-27H,8-9,11-16H2,1-2H3,(H,28,29,33,34). The topological polar surface area (TPSA) is 94.5 Å². The lowest BCUT2D eigenvalue weighted by molar-refractivity contribution is 0.204. The molecule has 2 saturated heterocycles. The molecule has 3 atom stereocenters. The average Bonchev–Trinajstić information content (AvgIpc) is 3.28. The molecule has 0 radical (unpaired) electrons. The largest absolute Gasteiger partial charge is 0.354 e. The van der Waals surface area contributed by atoms with Gasteiger partial charge in [0.2, 0.25) is 0 Å². The number of piperidine rings is 1. The molecule has 1 saturated carbocycles. The maximum atomic E-state index is 12.6. The third-order valence-corrected chi connectivity index (χ3v) is 7.65. The molecule has 3 unspecified atom stereocenters. The Balaban J connectivity index is 1.16. The van der Waals surface area contributed by atoms with Gasteiger partial charge in [-0.05, 0) is 68.5 Å². The molecule has 2 aliphatic heterocycles. The highest BCUT2D eigenvalue weighted by Crippen LogP contribution is 2.51. The van der Waals surface area contributed by atoms with E-state index in [4.69, 9.17) is 0 Å². The van der Waals surface area contributed by atoms with Crippen LogP contribution in [0.3, 0.4) is 0 Å². The Bertz CT molecular complexity index is 1050. The molecule has 2 amide bonds. The summed E-state index contributed by atoms with van der Waals surface area (Å²) >= 11 is 0. The lowest BCUT2D eigenvalue weighted by atomic mass is 10.0. The number of anilines is 1. The predicted octanol–water partition coefficient (Wildman–Crippen LogP) is 0.998. The summed E-state index contributed by atoms with van der Waals surface area (Å²) in [5, 5.41) is 9.26. The molecule has 1 aromatic carbocycles. The molecule has 0 bridgehead atoms. The first-order valence-electron chi connectivity index (χ1n) is 12.4. The molecular weight excluding hydrogens is 430 g/mol. The van der Waals surface area contributed by atoms with Crippen LogP contribution in [0.15, 0.2) is 41.3 Å². The van der Waals surface area contributed by atoms with Gasteiger partial charge in [0.1, 0.15) is 5.82 Å². The molecule has 3 N–H and O–H groups in total. The third kappa shape index (κ3) is 4.87. The van der Waals surface area contributed by atoms with E-state index in [0.29, 0.717) is 19.1 Å². The highest BCUT2D eigenvalue weighted by molar-refractivity contribution is 5.88. The fourth-order valence-corrected chi connectivity index (χ4v) is 5.57. The van der Waals surface area contributed by atoms with Crippen molar-refractivity contribution in [3.05, 3.63) is 52.6 Å². The van der Waals surface area contributed by atoms with E-state index in [1.165, 1.54) is 23.2 Å². The minimum atomic E-state index is -0.411. The van der Waals surface area contributed by atoms with Crippen molar-refractivity contribution in [3.63, 3.8) is 0 Å². The van der Waals surface area contributed by atoms with Crippen LogP contribution >= 0.6 is 0 Å². The fraction of sp³-hybridized carbons (Fsp3) is 0.560. The molecule has 5 rings (SSSR count). The first-order chi connectivity index (χ1) is 16.5. The molecule has 34 heavy (non-hydrogen) atoms. The zero-order chi connectivity index (χ0) is 23.7. The number of carbonyl (C=O) groups is 1. The van der Waals surface area contributed by atoms with Crippen molar-refractivity contribution in [2.75, 3.05) is 58.2 Å². The van der Waals surface area contributed by atoms with Gasteiger partial charge in [0.05, 0.1) is 5.69 Å². The van der Waals surface area contributed by atoms with E-state index in [2.05, 4.69) is 44.9 Å². The van der Waals surface area contributed by atoms with Crippen LogP contribution in [0.4, 0.5) is 10.6 Å². The normalized spacial score (nSPS) is 25.1. The molecule has 9 nitrogen and oxygen atoms in total. The Morgan fingerprint density at radius 1 is 1.15 bits per heavy atom. The van der Waals surface area contributed by atoms with Gasteiger partial charge in [-0.3, -0.25) is 14.8 Å². The van der Waals surface area contributed by atoms with Crippen LogP contribution in [0.25, 0.3) is 5.69 Å². The van der Waals surface area contributed by atoms with Crippen molar-refractivity contribution < 1.29 is 4.79 Å². The van der Waals surface area contributed by atoms with Crippen molar-refractivity contribution in [1.82, 2.24) is 30.0 Å². The fourth-order valence-electron chi connectivity index (χ4n) is 5.57. The summed E-state index contributed by atoms with van der Waals surface area (Å²) in [6, 6.07) is 10.1. The average molecular weight is 466 g/mol. The Hall–Kier alpha value is -2.75. The van der Waals surface area contributed by atoms with E-state index in [-0.39, 0.29) is 11.8 Å². The number of hydrogen-bond donors (Lipinski definition) is 3. The van der Waals surface area contributed by atoms with Gasteiger partial charge in [0, 0.05) is 51.5 Å². The summed E-state index contributed by atoms with van der Waals surface area (Å²) in [7, 11) is 2.04. The number of likely N-dealkylation sites (tertiary alicyclic amines) is 1. The molecule has 1 aromatic heterocycles. The lowest BCUT2D eigenvalue weighted by Crippen LogP contribution is -2.48. The maximum Gasteiger partial charge on any atom is 0.354 e. The number of aromatic nitrogens is 2. The van der Waals surface area contributed by atoms with Crippen LogP contribution in [0.5, 0.6) is 0 Å². The summed E-state index contributed by atoms with van der Waals surface area (Å²) in [5.41, 5.74) is 1.63. The van der Waals surface area contributed by atoms with E-state index in [0.717, 1.165) is 49.5 Å². The quantitative estimate of drug-likeness (QED) is 0.565. The smallest absolute Gasteiger partial charge is 0.322 e. The molecule has 2 aromatic rings. The maximum absolute atomic E-state index is 12.6. The number of piperazine rings is 1. The van der Waals surface area contributed by atoms with Crippen molar-refractivity contribution in [3.8, 4) is 5.69 Å². The summed E-state index contributed by atoms with van der Waals surface area (Å²) in [5.74, 6) is 2.90. The predicted molar refractivity (Wildman–Crippen MR) is 132 cm³/mol. The summed E-state index contributed by atoms with van der Waals surface area (Å²) in [6.07, 6.45) is 2.67. The monoisotopic (exact) mass is 465 g/mol. The minimum Gasteiger partial charge on any atom is -0.322 e. The van der Waals surface area contributed by atoms with Gasteiger partial charge in [0.25, 0.3) is 0 Å². The second kappa shape index (κ2) is 9.85. The van der Waals surface area contributed by atoms with Gasteiger partial charge in [0.15, 0.2) is 0 Å². The number of carbonyl (C=O) groups excluding carboxylic acids is 1. The number of rotatable bonds is 7. The molecule has 3 fully saturated rings. The van der Waals surface area contributed by atoms with E-state index >= 15 is 0 Å². The van der Waals surface area contributed by atoms with Gasteiger partial charge in [-0.25, -0.2) is 9.59 Å². The first kappa shape index (κ1) is 23.0. The Labute approximate surface area is 200 Å². The second-order valence-electron chi connectivity index (χ2n) is 9.86. The third-order valence-electron chi connectivity index (χ3n) is 7.65. The van der Waals surface area contributed by atoms with Crippen LogP contribution < -0.4 is 21.6 Å². The van der Waals surface area contributed by atoms with Crippen molar-refractivity contribution in [1.29, 1.82) is 0 Å². The molecule has 1 aliphatic carbocycles. The zero-order valence-electron chi connectivity index (χ0n) is 20.0. The van der Waals surface area contributed by atoms with Gasteiger partial charge in [-0.2, -0.15) is 4.98 Å². The van der Waals surface area contributed by atoms with Crippen LogP contribution in [-0.2, 0) is 6.42 Å². The van der Waals surface area contributed by atoms with Crippen LogP contribution in [-0.4, -0.2) is 84.3 Å². The molecule has 9 heteroatoms. The number of nitrogens with one attached hydrogen (secondary N) is 3. The van der Waals surface area contributed by atoms with Crippen LogP contribution in [0.1, 0.15) is 12.5 Å². The Kier molecular flexibility index (Phi) is 6.67. The second-order valence-corrected chi connectivity index (χ2v) is 9.86. The van der Waals surface area contributed by atoms with E-state index in [9.17, 15) is 9.59 Å². The molecule has 3 aliphatic rings. The first-order valence-corrected chi connectivity index (χ1v) is 12.4. The Morgan fingerprint density at radius 2 is 1.85 bits per heavy atom. The Morgan fingerprint density at radius 3 is 2.50 bits per heavy atom. The SMILES string of the molecule is CNCC1C2CN(C(C)Cc3ccc(-n4ccc(NC(=O)N5CCNCC5)nc4=O)cc3)CC12. The van der Waals surface area contributed by atoms with E-state index < -0.39 is 5.69 Å². The molecule has 3 heterocycles. The van der Waals surface area contributed by atoms with E-state index in [1.807, 2.05) is 19.2 Å². The van der Waals surface area contributed by atoms with Crippen LogP contribution in [0, 0.1) is 17.8 Å². The summed E-state index contributed by atoms with van der Waals surface area (Å²) in [6.45, 7) is 8.72. The summed E-state index contributed by atoms with van der Waals surface area (Å²) in [4.78, 5) is 33.4. The van der Waals surface area contributed by atoms with Gasteiger partial charge >= 0.3 is 11.7 Å². The van der Waals surface area contributed by atoms with Gasteiger partial charge in [-0.1, -0.05) is 12.1 Å². The van der Waals surface area contributed by atoms with Crippen molar-refractivity contribution in [2.45, 2.75) is 19.4 Å². The molecular formula is C25H35N7O2. The number of urea groups is 1. The highest BCUT2D eigenvalue weighted by Gasteiger charge is 2.55. The summed E-state index contributed by atoms with van der Waals surface area (Å²) < 4.78 is 1.50. The number of nitrogens with zero attached hydrogens (tertiary/aromatic N) is 4. The number of amides is 2. The van der Waals surface area contributed by atoms with Crippen LogP contribution in [0.2, 0.25) is 0 Å². The highest BCUT2D eigenvalue weighted by atomic mass is 16.2. The minimum absolute atomic E-state index is 0.225. The van der Waals surface area contributed by atoms with Gasteiger partial charge < -0.3 is 15.5 Å². The van der Waals surface area contributed by atoms with Crippen molar-refractivity contribution in [2.24, 2.45) is 17.8 Å². The lowest BCUT2D eigenvalue weighted by Gasteiger charge is -2.27. The molecule has 182 valence electrons. The number of fused-ring (bicyclic) bond motifs is 1. The van der Waals surface area contributed by atoms with Gasteiger partial charge in [-0.15, -0.1) is 0 Å².